The fourth-order valence-electron chi connectivity index (χ4n) is 8.86. The van der Waals surface area contributed by atoms with Crippen molar-refractivity contribution in [2.24, 2.45) is 0 Å². The van der Waals surface area contributed by atoms with Crippen LogP contribution in [0.25, 0.3) is 66.4 Å². The third-order valence-electron chi connectivity index (χ3n) is 11.0. The van der Waals surface area contributed by atoms with Gasteiger partial charge < -0.3 is 9.15 Å². The molecule has 2 heterocycles. The second-order valence-corrected chi connectivity index (χ2v) is 13.5. The van der Waals surface area contributed by atoms with Crippen molar-refractivity contribution in [1.29, 1.82) is 0 Å². The van der Waals surface area contributed by atoms with Crippen LogP contribution in [0.15, 0.2) is 186 Å². The maximum absolute atomic E-state index is 6.75. The standard InChI is InChI=1S/C49H30O2/c1-2-13-33-31(12-1)24-26-37-34(33)18-11-19-35(37)36-14-3-4-17-40(36)46-29-28-45(50-46)32-25-27-44-48(30-32)51-47-23-10-9-22-43(47)49(44)41-20-7-5-15-38(41)39-16-6-8-21-42(39)49/h1-30H. The van der Waals surface area contributed by atoms with Gasteiger partial charge in [-0.15, -0.1) is 0 Å². The molecule has 1 aliphatic carbocycles. The van der Waals surface area contributed by atoms with Gasteiger partial charge in [0.25, 0.3) is 0 Å². The van der Waals surface area contributed by atoms with Crippen LogP contribution in [0.2, 0.25) is 0 Å². The molecule has 238 valence electrons. The molecule has 0 amide bonds. The van der Waals surface area contributed by atoms with E-state index in [9.17, 15) is 0 Å². The van der Waals surface area contributed by atoms with E-state index in [0.717, 1.165) is 45.3 Å². The zero-order valence-electron chi connectivity index (χ0n) is 27.6. The summed E-state index contributed by atoms with van der Waals surface area (Å²) in [5.41, 5.74) is 11.3. The summed E-state index contributed by atoms with van der Waals surface area (Å²) in [6.07, 6.45) is 0. The lowest BCUT2D eigenvalue weighted by Crippen LogP contribution is -2.32. The van der Waals surface area contributed by atoms with Crippen molar-refractivity contribution in [2.75, 3.05) is 0 Å². The van der Waals surface area contributed by atoms with Crippen molar-refractivity contribution in [3.8, 4) is 56.4 Å². The molecule has 0 radical (unpaired) electrons. The molecule has 1 aliphatic heterocycles. The van der Waals surface area contributed by atoms with Gasteiger partial charge in [0.2, 0.25) is 0 Å². The van der Waals surface area contributed by atoms with Gasteiger partial charge in [-0.2, -0.15) is 0 Å². The van der Waals surface area contributed by atoms with Crippen LogP contribution in [-0.2, 0) is 5.41 Å². The molecule has 2 aliphatic rings. The summed E-state index contributed by atoms with van der Waals surface area (Å²) in [6, 6.07) is 65.1. The van der Waals surface area contributed by atoms with Crippen LogP contribution >= 0.6 is 0 Å². The smallest absolute Gasteiger partial charge is 0.135 e. The molecule has 9 aromatic rings. The normalized spacial score (nSPS) is 13.4. The molecule has 2 heteroatoms. The van der Waals surface area contributed by atoms with E-state index in [1.165, 1.54) is 54.9 Å². The fourth-order valence-corrected chi connectivity index (χ4v) is 8.86. The van der Waals surface area contributed by atoms with E-state index >= 15 is 0 Å². The Hall–Kier alpha value is -6.64. The molecule has 0 bridgehead atoms. The van der Waals surface area contributed by atoms with E-state index in [1.54, 1.807) is 0 Å². The number of benzene rings is 8. The molecule has 0 atom stereocenters. The third kappa shape index (κ3) is 3.93. The summed E-state index contributed by atoms with van der Waals surface area (Å²) < 4.78 is 13.5. The summed E-state index contributed by atoms with van der Waals surface area (Å²) in [4.78, 5) is 0. The van der Waals surface area contributed by atoms with Gasteiger partial charge in [-0.1, -0.05) is 158 Å². The van der Waals surface area contributed by atoms with Gasteiger partial charge in [0, 0.05) is 22.3 Å². The van der Waals surface area contributed by atoms with Gasteiger partial charge in [-0.25, -0.2) is 0 Å². The minimum atomic E-state index is -0.479. The van der Waals surface area contributed by atoms with Crippen molar-refractivity contribution < 1.29 is 9.15 Å². The van der Waals surface area contributed by atoms with E-state index in [-0.39, 0.29) is 0 Å². The van der Waals surface area contributed by atoms with Gasteiger partial charge in [-0.05, 0) is 79.2 Å². The van der Waals surface area contributed by atoms with Gasteiger partial charge in [0.05, 0.1) is 5.41 Å². The molecule has 51 heavy (non-hydrogen) atoms. The number of fused-ring (bicyclic) bond motifs is 12. The zero-order chi connectivity index (χ0) is 33.5. The Balaban J connectivity index is 1.05. The van der Waals surface area contributed by atoms with Crippen molar-refractivity contribution in [3.05, 3.63) is 204 Å². The molecule has 0 N–H and O–H groups in total. The van der Waals surface area contributed by atoms with Crippen LogP contribution < -0.4 is 4.74 Å². The average Bonchev–Trinajstić information content (AvgIpc) is 3.80. The molecular weight excluding hydrogens is 621 g/mol. The highest BCUT2D eigenvalue weighted by Gasteiger charge is 2.50. The Kier molecular flexibility index (Phi) is 5.91. The maximum Gasteiger partial charge on any atom is 0.135 e. The molecule has 1 aromatic heterocycles. The first kappa shape index (κ1) is 28.2. The predicted octanol–water partition coefficient (Wildman–Crippen LogP) is 13.1. The van der Waals surface area contributed by atoms with Crippen molar-refractivity contribution in [2.45, 2.75) is 5.41 Å². The van der Waals surface area contributed by atoms with Gasteiger partial charge in [0.1, 0.15) is 23.0 Å². The van der Waals surface area contributed by atoms with E-state index in [0.29, 0.717) is 0 Å². The molecular formula is C49H30O2. The lowest BCUT2D eigenvalue weighted by molar-refractivity contribution is 0.436. The van der Waals surface area contributed by atoms with Crippen molar-refractivity contribution in [3.63, 3.8) is 0 Å². The Morgan fingerprint density at radius 2 is 0.941 bits per heavy atom. The number of hydrogen-bond acceptors (Lipinski definition) is 2. The first-order chi connectivity index (χ1) is 25.3. The van der Waals surface area contributed by atoms with E-state index in [1.807, 2.05) is 0 Å². The summed E-state index contributed by atoms with van der Waals surface area (Å²) in [7, 11) is 0. The Labute approximate surface area is 295 Å². The highest BCUT2D eigenvalue weighted by Crippen LogP contribution is 2.62. The monoisotopic (exact) mass is 650 g/mol. The maximum atomic E-state index is 6.75. The minimum Gasteiger partial charge on any atom is -0.457 e. The van der Waals surface area contributed by atoms with Crippen molar-refractivity contribution in [1.82, 2.24) is 0 Å². The summed E-state index contributed by atoms with van der Waals surface area (Å²) in [5.74, 6) is 3.36. The van der Waals surface area contributed by atoms with Crippen LogP contribution in [0.3, 0.4) is 0 Å². The Morgan fingerprint density at radius 3 is 1.76 bits per heavy atom. The summed E-state index contributed by atoms with van der Waals surface area (Å²) in [5, 5.41) is 4.99. The first-order valence-corrected chi connectivity index (χ1v) is 17.5. The molecule has 0 saturated heterocycles. The average molecular weight is 651 g/mol. The van der Waals surface area contributed by atoms with Crippen molar-refractivity contribution >= 4 is 21.5 Å². The van der Waals surface area contributed by atoms with E-state index in [2.05, 4.69) is 182 Å². The number of furan rings is 1. The number of para-hydroxylation sites is 1. The van der Waals surface area contributed by atoms with Gasteiger partial charge in [0.15, 0.2) is 0 Å². The quantitative estimate of drug-likeness (QED) is 0.178. The Bertz CT molecular complexity index is 2810. The minimum absolute atomic E-state index is 0.479. The molecule has 0 saturated carbocycles. The van der Waals surface area contributed by atoms with Crippen LogP contribution in [-0.4, -0.2) is 0 Å². The zero-order valence-corrected chi connectivity index (χ0v) is 27.6. The van der Waals surface area contributed by atoms with E-state index in [4.69, 9.17) is 9.15 Å². The molecule has 2 nitrogen and oxygen atoms in total. The van der Waals surface area contributed by atoms with E-state index < -0.39 is 5.41 Å². The highest BCUT2D eigenvalue weighted by atomic mass is 16.5. The van der Waals surface area contributed by atoms with Gasteiger partial charge in [-0.3, -0.25) is 0 Å². The number of hydrogen-bond donors (Lipinski definition) is 0. The predicted molar refractivity (Wildman–Crippen MR) is 207 cm³/mol. The topological polar surface area (TPSA) is 22.4 Å². The van der Waals surface area contributed by atoms with Crippen LogP contribution in [0.4, 0.5) is 0 Å². The van der Waals surface area contributed by atoms with Crippen LogP contribution in [0.5, 0.6) is 11.5 Å². The first-order valence-electron chi connectivity index (χ1n) is 17.5. The van der Waals surface area contributed by atoms with Crippen LogP contribution in [0.1, 0.15) is 22.3 Å². The Morgan fingerprint density at radius 1 is 0.333 bits per heavy atom. The summed E-state index contributed by atoms with van der Waals surface area (Å²) in [6.45, 7) is 0. The molecule has 0 unspecified atom stereocenters. The molecule has 1 spiro atoms. The number of rotatable bonds is 3. The lowest BCUT2D eigenvalue weighted by Gasteiger charge is -2.39. The summed E-state index contributed by atoms with van der Waals surface area (Å²) >= 11 is 0. The second-order valence-electron chi connectivity index (χ2n) is 13.5. The third-order valence-corrected chi connectivity index (χ3v) is 11.0. The molecule has 0 fully saturated rings. The molecule has 11 rings (SSSR count). The fraction of sp³-hybridized carbons (Fsp3) is 0.0204. The largest absolute Gasteiger partial charge is 0.457 e. The number of ether oxygens (including phenoxy) is 1. The SMILES string of the molecule is c1ccc2c(c1)Oc1cc(-c3ccc(-c4ccccc4-c4cccc5c4ccc4ccccc45)o3)ccc1C21c2ccccc2-c2ccccc21. The molecule has 8 aromatic carbocycles. The van der Waals surface area contributed by atoms with Gasteiger partial charge >= 0.3 is 0 Å². The lowest BCUT2D eigenvalue weighted by atomic mass is 9.66. The second kappa shape index (κ2) is 10.7. The van der Waals surface area contributed by atoms with Crippen LogP contribution in [0, 0.1) is 0 Å². The highest BCUT2D eigenvalue weighted by molar-refractivity contribution is 6.12.